The van der Waals surface area contributed by atoms with Crippen LogP contribution in [0.15, 0.2) is 4.99 Å². The molecule has 0 N–H and O–H groups in total. The van der Waals surface area contributed by atoms with Crippen molar-refractivity contribution < 1.29 is 9.59 Å². The summed E-state index contributed by atoms with van der Waals surface area (Å²) in [6.07, 6.45) is 1.04. The van der Waals surface area contributed by atoms with Gasteiger partial charge in [-0.15, -0.1) is 0 Å². The number of nitrogens with zero attached hydrogens (tertiary/aromatic N) is 2. The third-order valence-electron chi connectivity index (χ3n) is 1.64. The minimum atomic E-state index is -0.258. The number of rotatable bonds is 2. The van der Waals surface area contributed by atoms with Gasteiger partial charge in [0, 0.05) is 20.5 Å². The molecule has 0 bridgehead atoms. The maximum Gasteiger partial charge on any atom is 0.242 e. The van der Waals surface area contributed by atoms with E-state index < -0.39 is 0 Å². The van der Waals surface area contributed by atoms with E-state index >= 15 is 0 Å². The summed E-state index contributed by atoms with van der Waals surface area (Å²) in [5.41, 5.74) is 0. The molecule has 1 aliphatic rings. The Balaban J connectivity index is 2.73. The molecule has 0 radical (unpaired) electrons. The van der Waals surface area contributed by atoms with Crippen molar-refractivity contribution in [2.24, 2.45) is 4.99 Å². The van der Waals surface area contributed by atoms with Crippen LogP contribution in [0.4, 0.5) is 0 Å². The summed E-state index contributed by atoms with van der Waals surface area (Å²) < 4.78 is 0. The highest BCUT2D eigenvalue weighted by molar-refractivity contribution is 8.15. The largest absolute Gasteiger partial charge is 0.303 e. The summed E-state index contributed by atoms with van der Waals surface area (Å²) in [6, 6.07) is 0. The summed E-state index contributed by atoms with van der Waals surface area (Å²) in [6.45, 7) is 0. The van der Waals surface area contributed by atoms with Gasteiger partial charge in [0.05, 0.1) is 5.25 Å². The predicted molar refractivity (Wildman–Crippen MR) is 48.2 cm³/mol. The van der Waals surface area contributed by atoms with E-state index in [4.69, 9.17) is 0 Å². The molecule has 1 atom stereocenters. The van der Waals surface area contributed by atoms with Crippen molar-refractivity contribution in [3.05, 3.63) is 0 Å². The Hall–Kier alpha value is -0.840. The molecule has 0 saturated carbocycles. The topological polar surface area (TPSA) is 49.7 Å². The lowest BCUT2D eigenvalue weighted by Crippen LogP contribution is -2.27. The van der Waals surface area contributed by atoms with E-state index in [9.17, 15) is 9.59 Å². The van der Waals surface area contributed by atoms with E-state index in [1.54, 1.807) is 14.1 Å². The van der Waals surface area contributed by atoms with Crippen molar-refractivity contribution in [1.29, 1.82) is 0 Å². The Kier molecular flexibility index (Phi) is 2.86. The van der Waals surface area contributed by atoms with Crippen LogP contribution in [-0.2, 0) is 9.59 Å². The van der Waals surface area contributed by atoms with Gasteiger partial charge in [0.1, 0.15) is 6.29 Å². The fourth-order valence-electron chi connectivity index (χ4n) is 1.01. The number of amides is 1. The van der Waals surface area contributed by atoms with E-state index in [1.807, 2.05) is 0 Å². The lowest BCUT2D eigenvalue weighted by molar-refractivity contribution is -0.126. The number of hydrogen-bond donors (Lipinski definition) is 0. The molecule has 1 fully saturated rings. The molecule has 0 aliphatic carbocycles. The van der Waals surface area contributed by atoms with Crippen molar-refractivity contribution in [3.63, 3.8) is 0 Å². The normalized spacial score (nSPS) is 26.8. The zero-order chi connectivity index (χ0) is 9.14. The van der Waals surface area contributed by atoms with Gasteiger partial charge in [0.15, 0.2) is 5.17 Å². The number of carbonyl (C=O) groups is 2. The van der Waals surface area contributed by atoms with Crippen molar-refractivity contribution >= 4 is 29.1 Å². The molecule has 1 unspecified atom stereocenters. The number of thioether (sulfide) groups is 1. The second kappa shape index (κ2) is 3.71. The average molecular weight is 186 g/mol. The van der Waals surface area contributed by atoms with Gasteiger partial charge in [0.2, 0.25) is 5.91 Å². The van der Waals surface area contributed by atoms with Crippen LogP contribution < -0.4 is 0 Å². The molecule has 4 nitrogen and oxygen atoms in total. The SMILES string of the molecule is CN=C1SC(CC=O)C(=O)N1C. The molecule has 0 aromatic carbocycles. The number of hydrogen-bond acceptors (Lipinski definition) is 4. The Morgan fingerprint density at radius 1 is 1.75 bits per heavy atom. The van der Waals surface area contributed by atoms with Crippen LogP contribution in [0.1, 0.15) is 6.42 Å². The van der Waals surface area contributed by atoms with Crippen molar-refractivity contribution in [1.82, 2.24) is 4.90 Å². The van der Waals surface area contributed by atoms with Gasteiger partial charge < -0.3 is 4.79 Å². The van der Waals surface area contributed by atoms with Gasteiger partial charge in [0.25, 0.3) is 0 Å². The Morgan fingerprint density at radius 2 is 2.42 bits per heavy atom. The molecular formula is C7H10N2O2S. The highest BCUT2D eigenvalue weighted by Gasteiger charge is 2.34. The fourth-order valence-corrected chi connectivity index (χ4v) is 2.05. The zero-order valence-corrected chi connectivity index (χ0v) is 7.80. The van der Waals surface area contributed by atoms with Crippen LogP contribution in [0.3, 0.4) is 0 Å². The van der Waals surface area contributed by atoms with Gasteiger partial charge in [-0.1, -0.05) is 11.8 Å². The second-order valence-electron chi connectivity index (χ2n) is 2.41. The molecule has 0 aromatic rings. The first kappa shape index (κ1) is 9.25. The monoisotopic (exact) mass is 186 g/mol. The molecule has 1 heterocycles. The van der Waals surface area contributed by atoms with Gasteiger partial charge in [-0.25, -0.2) is 0 Å². The van der Waals surface area contributed by atoms with Gasteiger partial charge in [-0.2, -0.15) is 0 Å². The summed E-state index contributed by atoms with van der Waals surface area (Å²) in [7, 11) is 3.30. The number of amidine groups is 1. The molecule has 12 heavy (non-hydrogen) atoms. The lowest BCUT2D eigenvalue weighted by atomic mass is 10.3. The minimum Gasteiger partial charge on any atom is -0.303 e. The van der Waals surface area contributed by atoms with E-state index in [1.165, 1.54) is 16.7 Å². The Bertz CT molecular complexity index is 240. The van der Waals surface area contributed by atoms with E-state index in [-0.39, 0.29) is 17.6 Å². The standard InChI is InChI=1S/C7H10N2O2S/c1-8-7-9(2)6(11)5(12-7)3-4-10/h4-5H,3H2,1-2H3. The summed E-state index contributed by atoms with van der Waals surface area (Å²) in [5, 5.41) is 0.429. The molecule has 66 valence electrons. The quantitative estimate of drug-likeness (QED) is 0.576. The zero-order valence-electron chi connectivity index (χ0n) is 6.98. The van der Waals surface area contributed by atoms with Crippen LogP contribution in [0.5, 0.6) is 0 Å². The maximum atomic E-state index is 11.3. The maximum absolute atomic E-state index is 11.3. The van der Waals surface area contributed by atoms with Crippen LogP contribution in [0.2, 0.25) is 0 Å². The molecule has 5 heteroatoms. The van der Waals surface area contributed by atoms with Crippen LogP contribution in [0, 0.1) is 0 Å². The van der Waals surface area contributed by atoms with E-state index in [2.05, 4.69) is 4.99 Å². The predicted octanol–water partition coefficient (Wildman–Crippen LogP) is 0.135. The molecule has 1 saturated heterocycles. The summed E-state index contributed by atoms with van der Waals surface area (Å²) >= 11 is 1.35. The van der Waals surface area contributed by atoms with Gasteiger partial charge in [-0.3, -0.25) is 14.7 Å². The van der Waals surface area contributed by atoms with Crippen LogP contribution in [0.25, 0.3) is 0 Å². The van der Waals surface area contributed by atoms with Crippen LogP contribution >= 0.6 is 11.8 Å². The fraction of sp³-hybridized carbons (Fsp3) is 0.571. The van der Waals surface area contributed by atoms with Gasteiger partial charge >= 0.3 is 0 Å². The van der Waals surface area contributed by atoms with E-state index in [0.29, 0.717) is 5.17 Å². The first-order valence-electron chi connectivity index (χ1n) is 3.55. The Labute approximate surface area is 75.0 Å². The molecule has 1 aliphatic heterocycles. The van der Waals surface area contributed by atoms with E-state index in [0.717, 1.165) is 6.29 Å². The minimum absolute atomic E-state index is 0.0345. The second-order valence-corrected chi connectivity index (χ2v) is 3.58. The first-order chi connectivity index (χ1) is 5.70. The van der Waals surface area contributed by atoms with Crippen molar-refractivity contribution in [2.75, 3.05) is 14.1 Å². The number of carbonyl (C=O) groups excluding carboxylic acids is 2. The third kappa shape index (κ3) is 1.50. The highest BCUT2D eigenvalue weighted by atomic mass is 32.2. The number of aldehydes is 1. The summed E-state index contributed by atoms with van der Waals surface area (Å²) in [4.78, 5) is 26.9. The highest BCUT2D eigenvalue weighted by Crippen LogP contribution is 2.27. The Morgan fingerprint density at radius 3 is 2.83 bits per heavy atom. The molecule has 0 spiro atoms. The number of aliphatic imine (C=N–C) groups is 1. The average Bonchev–Trinajstić information content (AvgIpc) is 2.33. The van der Waals surface area contributed by atoms with Crippen LogP contribution in [-0.4, -0.2) is 41.6 Å². The van der Waals surface area contributed by atoms with Gasteiger partial charge in [-0.05, 0) is 0 Å². The molecular weight excluding hydrogens is 176 g/mol. The van der Waals surface area contributed by atoms with Crippen molar-refractivity contribution in [2.45, 2.75) is 11.7 Å². The molecule has 1 amide bonds. The molecule has 1 rings (SSSR count). The van der Waals surface area contributed by atoms with Crippen molar-refractivity contribution in [3.8, 4) is 0 Å². The first-order valence-corrected chi connectivity index (χ1v) is 4.43. The smallest absolute Gasteiger partial charge is 0.242 e. The third-order valence-corrected chi connectivity index (χ3v) is 2.99. The summed E-state index contributed by atoms with van der Waals surface area (Å²) in [5.74, 6) is -0.0345. The lowest BCUT2D eigenvalue weighted by Gasteiger charge is -2.06. The molecule has 0 aromatic heterocycles.